The zero-order valence-corrected chi connectivity index (χ0v) is 26.1. The summed E-state index contributed by atoms with van der Waals surface area (Å²) in [6.45, 7) is 8.02. The Morgan fingerprint density at radius 2 is 1.26 bits per heavy atom. The van der Waals surface area contributed by atoms with Crippen molar-refractivity contribution in [2.24, 2.45) is 7.05 Å². The van der Waals surface area contributed by atoms with Crippen molar-refractivity contribution in [3.8, 4) is 0 Å². The van der Waals surface area contributed by atoms with E-state index in [4.69, 9.17) is 0 Å². The van der Waals surface area contributed by atoms with Crippen molar-refractivity contribution < 1.29 is 0 Å². The summed E-state index contributed by atoms with van der Waals surface area (Å²) in [5.74, 6) is 2.93. The van der Waals surface area contributed by atoms with Crippen molar-refractivity contribution >= 4 is 56.8 Å². The van der Waals surface area contributed by atoms with Crippen LogP contribution < -0.4 is 36.8 Å². The number of pyridine rings is 5. The lowest BCUT2D eigenvalue weighted by molar-refractivity contribution is 0.589. The van der Waals surface area contributed by atoms with Gasteiger partial charge in [-0.15, -0.1) is 0 Å². The number of rotatable bonds is 6. The van der Waals surface area contributed by atoms with Crippen LogP contribution in [0.4, 0.5) is 34.6 Å². The smallest absolute Gasteiger partial charge is 0.327 e. The van der Waals surface area contributed by atoms with Crippen LogP contribution in [0.25, 0.3) is 22.2 Å². The molecule has 5 N–H and O–H groups in total. The molecule has 8 rings (SSSR count). The highest BCUT2D eigenvalue weighted by Gasteiger charge is 2.13. The lowest BCUT2D eigenvalue weighted by Gasteiger charge is -2.29. The molecule has 240 valence electrons. The molecule has 14 heteroatoms. The fraction of sp³-hybridized carbons (Fsp3) is 0.273. The summed E-state index contributed by atoms with van der Waals surface area (Å²) in [5, 5.41) is 14.2. The zero-order chi connectivity index (χ0) is 32.0. The SMILES string of the molecule is Cn1c(=O)[nH]c2nc(Nc3cc(N4CCNCC4)ccn3)ccc21.c1cnc2nc(Nc3cc(N4CCNCC4)ccn3)ccc2c1. The molecule has 14 nitrogen and oxygen atoms in total. The van der Waals surface area contributed by atoms with Crippen LogP contribution in [0, 0.1) is 0 Å². The number of piperazine rings is 2. The van der Waals surface area contributed by atoms with Crippen LogP contribution >= 0.6 is 0 Å². The number of anilines is 6. The van der Waals surface area contributed by atoms with Gasteiger partial charge in [0.1, 0.15) is 23.3 Å². The fourth-order valence-corrected chi connectivity index (χ4v) is 5.68. The van der Waals surface area contributed by atoms with E-state index < -0.39 is 0 Å². The highest BCUT2D eigenvalue weighted by Crippen LogP contribution is 2.23. The lowest BCUT2D eigenvalue weighted by atomic mass is 10.3. The first-order valence-corrected chi connectivity index (χ1v) is 15.7. The van der Waals surface area contributed by atoms with E-state index in [0.717, 1.165) is 92.0 Å². The summed E-state index contributed by atoms with van der Waals surface area (Å²) in [7, 11) is 1.72. The maximum absolute atomic E-state index is 11.7. The third-order valence-corrected chi connectivity index (χ3v) is 8.19. The van der Waals surface area contributed by atoms with Crippen LogP contribution in [0.3, 0.4) is 0 Å². The fourth-order valence-electron chi connectivity index (χ4n) is 5.68. The Labute approximate surface area is 271 Å². The van der Waals surface area contributed by atoms with Gasteiger partial charge in [0, 0.05) is 107 Å². The summed E-state index contributed by atoms with van der Waals surface area (Å²) in [6, 6.07) is 19.7. The third kappa shape index (κ3) is 7.13. The average molecular weight is 632 g/mol. The molecule has 8 heterocycles. The Morgan fingerprint density at radius 1 is 0.660 bits per heavy atom. The molecule has 2 aliphatic heterocycles. The second-order valence-electron chi connectivity index (χ2n) is 11.3. The molecule has 6 aromatic heterocycles. The van der Waals surface area contributed by atoms with E-state index >= 15 is 0 Å². The summed E-state index contributed by atoms with van der Waals surface area (Å²) in [5.41, 5.74) is 4.22. The molecule has 6 aromatic rings. The number of nitrogens with one attached hydrogen (secondary N) is 5. The Morgan fingerprint density at radius 3 is 1.89 bits per heavy atom. The first-order chi connectivity index (χ1) is 23.1. The Balaban J connectivity index is 0.000000150. The number of aromatic nitrogens is 7. The third-order valence-electron chi connectivity index (χ3n) is 8.19. The number of H-pyrrole nitrogens is 1. The van der Waals surface area contributed by atoms with Gasteiger partial charge < -0.3 is 31.1 Å². The van der Waals surface area contributed by atoms with E-state index in [1.54, 1.807) is 19.4 Å². The van der Waals surface area contributed by atoms with Crippen molar-refractivity contribution in [1.82, 2.24) is 45.1 Å². The van der Waals surface area contributed by atoms with E-state index in [1.807, 2.05) is 60.8 Å². The summed E-state index contributed by atoms with van der Waals surface area (Å²) in [4.78, 5) is 41.1. The van der Waals surface area contributed by atoms with Gasteiger partial charge in [0.05, 0.1) is 5.52 Å². The second-order valence-corrected chi connectivity index (χ2v) is 11.3. The molecule has 2 fully saturated rings. The van der Waals surface area contributed by atoms with Gasteiger partial charge in [0.15, 0.2) is 11.3 Å². The van der Waals surface area contributed by atoms with Crippen LogP contribution in [0.1, 0.15) is 0 Å². The molecule has 0 spiro atoms. The number of fused-ring (bicyclic) bond motifs is 2. The van der Waals surface area contributed by atoms with Gasteiger partial charge in [0.25, 0.3) is 0 Å². The minimum Gasteiger partial charge on any atom is -0.369 e. The van der Waals surface area contributed by atoms with Crippen molar-refractivity contribution in [2.75, 3.05) is 72.8 Å². The number of aromatic amines is 1. The normalized spacial score (nSPS) is 14.9. The standard InChI is InChI=1S/C17H18N6.C16H19N7O/c1-2-13-3-4-15(22-17(13)20-6-1)21-16-12-14(5-7-19-16)23-10-8-18-9-11-23;1-22-12-2-3-13(20-15(12)21-16(22)24)19-14-10-11(4-5-18-14)23-8-6-17-7-9-23/h1-7,12,18H,8-11H2,(H,19,20,21,22);2-5,10,17H,6-9H2,1H3,(H2,18,19,20,21,24). The van der Waals surface area contributed by atoms with Gasteiger partial charge in [-0.3, -0.25) is 9.55 Å². The maximum Gasteiger partial charge on any atom is 0.327 e. The number of hydrogen-bond acceptors (Lipinski definition) is 12. The quantitative estimate of drug-likeness (QED) is 0.183. The van der Waals surface area contributed by atoms with Crippen LogP contribution in [0.2, 0.25) is 0 Å². The number of hydrogen-bond donors (Lipinski definition) is 5. The highest BCUT2D eigenvalue weighted by molar-refractivity contribution is 5.77. The molecule has 0 atom stereocenters. The van der Waals surface area contributed by atoms with E-state index in [-0.39, 0.29) is 5.69 Å². The largest absolute Gasteiger partial charge is 0.369 e. The molecule has 0 bridgehead atoms. The molecular formula is C33H37N13O. The van der Waals surface area contributed by atoms with Crippen LogP contribution in [0.15, 0.2) is 84.0 Å². The lowest BCUT2D eigenvalue weighted by Crippen LogP contribution is -2.43. The Hall–Kier alpha value is -5.60. The van der Waals surface area contributed by atoms with Gasteiger partial charge in [-0.1, -0.05) is 0 Å². The summed E-state index contributed by atoms with van der Waals surface area (Å²) >= 11 is 0. The zero-order valence-electron chi connectivity index (χ0n) is 26.1. The predicted molar refractivity (Wildman–Crippen MR) is 186 cm³/mol. The predicted octanol–water partition coefficient (Wildman–Crippen LogP) is 2.99. The molecule has 0 aliphatic carbocycles. The van der Waals surface area contributed by atoms with Gasteiger partial charge in [-0.05, 0) is 48.5 Å². The molecule has 0 saturated carbocycles. The van der Waals surface area contributed by atoms with E-state index in [1.165, 1.54) is 10.3 Å². The number of imidazole rings is 1. The van der Waals surface area contributed by atoms with Crippen molar-refractivity contribution in [2.45, 2.75) is 0 Å². The van der Waals surface area contributed by atoms with E-state index in [0.29, 0.717) is 11.5 Å². The first kappa shape index (κ1) is 30.1. The number of nitrogens with zero attached hydrogens (tertiary/aromatic N) is 8. The van der Waals surface area contributed by atoms with Crippen LogP contribution in [-0.4, -0.2) is 86.8 Å². The minimum atomic E-state index is -0.173. The Kier molecular flexibility index (Phi) is 8.83. The van der Waals surface area contributed by atoms with Gasteiger partial charge in [-0.25, -0.2) is 29.7 Å². The minimum absolute atomic E-state index is 0.173. The van der Waals surface area contributed by atoms with Crippen LogP contribution in [-0.2, 0) is 7.05 Å². The van der Waals surface area contributed by atoms with E-state index in [2.05, 4.69) is 67.0 Å². The van der Waals surface area contributed by atoms with E-state index in [9.17, 15) is 4.79 Å². The van der Waals surface area contributed by atoms with Crippen molar-refractivity contribution in [1.29, 1.82) is 0 Å². The Bertz CT molecular complexity index is 2030. The topological polar surface area (TPSA) is 157 Å². The second kappa shape index (κ2) is 13.8. The molecule has 2 saturated heterocycles. The van der Waals surface area contributed by atoms with Gasteiger partial charge in [-0.2, -0.15) is 0 Å². The van der Waals surface area contributed by atoms with Gasteiger partial charge >= 0.3 is 5.69 Å². The van der Waals surface area contributed by atoms with Crippen LogP contribution in [0.5, 0.6) is 0 Å². The summed E-state index contributed by atoms with van der Waals surface area (Å²) in [6.07, 6.45) is 5.38. The summed E-state index contributed by atoms with van der Waals surface area (Å²) < 4.78 is 1.54. The molecule has 0 radical (unpaired) electrons. The highest BCUT2D eigenvalue weighted by atomic mass is 16.1. The molecule has 47 heavy (non-hydrogen) atoms. The average Bonchev–Trinajstić information content (AvgIpc) is 3.41. The molecule has 2 aliphatic rings. The van der Waals surface area contributed by atoms with Crippen molar-refractivity contribution in [3.05, 3.63) is 89.7 Å². The maximum atomic E-state index is 11.7. The molecule has 0 aromatic carbocycles. The number of aryl methyl sites for hydroxylation is 1. The molecular weight excluding hydrogens is 594 g/mol. The molecule has 0 unspecified atom stereocenters. The first-order valence-electron chi connectivity index (χ1n) is 15.7. The van der Waals surface area contributed by atoms with Gasteiger partial charge in [0.2, 0.25) is 0 Å². The molecule has 0 amide bonds. The monoisotopic (exact) mass is 631 g/mol. The van der Waals surface area contributed by atoms with Crippen molar-refractivity contribution in [3.63, 3.8) is 0 Å².